The Morgan fingerprint density at radius 2 is 1.92 bits per heavy atom. The summed E-state index contributed by atoms with van der Waals surface area (Å²) in [6.07, 6.45) is -0.749. The zero-order valence-electron chi connectivity index (χ0n) is 6.94. The first-order valence-electron chi connectivity index (χ1n) is 2.35. The molecule has 0 saturated carbocycles. The van der Waals surface area contributed by atoms with Crippen molar-refractivity contribution in [2.45, 2.75) is 0 Å². The van der Waals surface area contributed by atoms with E-state index in [9.17, 15) is 19.4 Å². The minimum Gasteiger partial charge on any atom is -0.778 e. The fourth-order valence-electron chi connectivity index (χ4n) is 0.299. The molecule has 0 heterocycles. The summed E-state index contributed by atoms with van der Waals surface area (Å²) in [4.78, 5) is 27.6. The van der Waals surface area contributed by atoms with Gasteiger partial charge in [0.15, 0.2) is 0 Å². The fraction of sp³-hybridized carbons (Fsp3) is 0.667. The molecule has 0 spiro atoms. The van der Waals surface area contributed by atoms with Crippen LogP contribution in [0.25, 0.3) is 0 Å². The standard InChI is InChI=1S/C3H8NO5P.2Na/c5-3(6)1-4-2-10(7,8)9;;/h4H,1-2H2,(H,5,6)(H2,7,8,9);;/q;2*+1/p-2. The Bertz CT molecular complexity index is 170. The number of carboxylic acid groups (broad SMARTS) is 1. The molecule has 0 radical (unpaired) electrons. The monoisotopic (exact) mass is 213 g/mol. The number of carbonyl (C=O) groups is 1. The van der Waals surface area contributed by atoms with Crippen LogP contribution in [0.15, 0.2) is 0 Å². The minimum atomic E-state index is -4.37. The molecule has 0 fully saturated rings. The molecule has 0 aliphatic carbocycles. The Labute approximate surface area is 114 Å². The van der Waals surface area contributed by atoms with Crippen molar-refractivity contribution >= 4 is 13.6 Å². The van der Waals surface area contributed by atoms with Gasteiger partial charge in [0, 0.05) is 6.54 Å². The largest absolute Gasteiger partial charge is 1.00 e. The second-order valence-electron chi connectivity index (χ2n) is 1.59. The molecule has 60 valence electrons. The molecule has 2 N–H and O–H groups in total. The molecule has 0 aliphatic rings. The zero-order chi connectivity index (χ0) is 8.20. The second kappa shape index (κ2) is 9.15. The molecule has 0 aromatic carbocycles. The van der Waals surface area contributed by atoms with Crippen molar-refractivity contribution in [3.63, 3.8) is 0 Å². The summed E-state index contributed by atoms with van der Waals surface area (Å²) in [6, 6.07) is 0. The Kier molecular flexibility index (Phi) is 14.6. The fourth-order valence-corrected chi connectivity index (χ4v) is 0.694. The van der Waals surface area contributed by atoms with Gasteiger partial charge in [-0.3, -0.25) is 0 Å². The number of hydrogen-bond donors (Lipinski definition) is 2. The maximum Gasteiger partial charge on any atom is 1.00 e. The number of nitrogens with one attached hydrogen (secondary N) is 1. The van der Waals surface area contributed by atoms with Gasteiger partial charge in [0.25, 0.3) is 0 Å². The second-order valence-corrected chi connectivity index (χ2v) is 3.19. The van der Waals surface area contributed by atoms with Crippen LogP contribution in [0.5, 0.6) is 0 Å². The molecule has 6 nitrogen and oxygen atoms in total. The Morgan fingerprint density at radius 1 is 1.50 bits per heavy atom. The number of hydrogen-bond acceptors (Lipinski definition) is 5. The van der Waals surface area contributed by atoms with E-state index in [0.29, 0.717) is 0 Å². The summed E-state index contributed by atoms with van der Waals surface area (Å²) >= 11 is 0. The molecular weight excluding hydrogens is 207 g/mol. The SMILES string of the molecule is O=C([O-])CNCP(=O)([O-])O.[Na+].[Na+]. The van der Waals surface area contributed by atoms with Gasteiger partial charge in [0.1, 0.15) is 7.60 Å². The van der Waals surface area contributed by atoms with Crippen LogP contribution >= 0.6 is 7.60 Å². The minimum absolute atomic E-state index is 0. The average molecular weight is 213 g/mol. The molecule has 0 saturated heterocycles. The Morgan fingerprint density at radius 3 is 2.17 bits per heavy atom. The summed E-state index contributed by atoms with van der Waals surface area (Å²) in [6.45, 7) is -0.590. The Balaban J connectivity index is -0.000000405. The molecule has 0 rings (SSSR count). The van der Waals surface area contributed by atoms with Gasteiger partial charge in [0.2, 0.25) is 0 Å². The van der Waals surface area contributed by atoms with Crippen LogP contribution in [0.3, 0.4) is 0 Å². The summed E-state index contributed by atoms with van der Waals surface area (Å²) in [5.74, 6) is -1.42. The van der Waals surface area contributed by atoms with E-state index in [2.05, 4.69) is 0 Å². The van der Waals surface area contributed by atoms with Crippen LogP contribution in [-0.4, -0.2) is 23.7 Å². The number of rotatable bonds is 4. The van der Waals surface area contributed by atoms with E-state index in [1.165, 1.54) is 0 Å². The van der Waals surface area contributed by atoms with Crippen LogP contribution in [0.2, 0.25) is 0 Å². The zero-order valence-corrected chi connectivity index (χ0v) is 11.8. The summed E-state index contributed by atoms with van der Waals surface area (Å²) in [5, 5.41) is 11.6. The predicted octanol–water partition coefficient (Wildman–Crippen LogP) is -9.16. The van der Waals surface area contributed by atoms with Crippen molar-refractivity contribution in [3.05, 3.63) is 0 Å². The maximum atomic E-state index is 9.92. The van der Waals surface area contributed by atoms with Crippen molar-refractivity contribution in [2.75, 3.05) is 12.8 Å². The van der Waals surface area contributed by atoms with Crippen LogP contribution in [0.4, 0.5) is 0 Å². The quantitative estimate of drug-likeness (QED) is 0.354. The molecule has 0 bridgehead atoms. The van der Waals surface area contributed by atoms with E-state index in [0.717, 1.165) is 0 Å². The first kappa shape index (κ1) is 19.2. The average Bonchev–Trinajstić information content (AvgIpc) is 1.59. The predicted molar refractivity (Wildman–Crippen MR) is 27.7 cm³/mol. The van der Waals surface area contributed by atoms with E-state index in [1.807, 2.05) is 5.32 Å². The van der Waals surface area contributed by atoms with Gasteiger partial charge in [-0.05, 0) is 0 Å². The van der Waals surface area contributed by atoms with Crippen molar-refractivity contribution < 1.29 is 83.4 Å². The molecule has 12 heavy (non-hydrogen) atoms. The molecule has 9 heteroatoms. The third kappa shape index (κ3) is 17.6. The van der Waals surface area contributed by atoms with Crippen LogP contribution in [0, 0.1) is 0 Å². The topological polar surface area (TPSA) is 113 Å². The van der Waals surface area contributed by atoms with Gasteiger partial charge in [-0.2, -0.15) is 0 Å². The van der Waals surface area contributed by atoms with Crippen LogP contribution < -0.4 is 74.4 Å². The molecule has 0 aromatic rings. The molecule has 0 aromatic heterocycles. The van der Waals surface area contributed by atoms with E-state index >= 15 is 0 Å². The first-order valence-corrected chi connectivity index (χ1v) is 4.11. The molecule has 0 amide bonds. The molecule has 1 atom stereocenters. The van der Waals surface area contributed by atoms with E-state index in [-0.39, 0.29) is 59.1 Å². The van der Waals surface area contributed by atoms with E-state index < -0.39 is 26.4 Å². The van der Waals surface area contributed by atoms with Crippen molar-refractivity contribution in [1.29, 1.82) is 0 Å². The number of carboxylic acids is 1. The van der Waals surface area contributed by atoms with Gasteiger partial charge < -0.3 is 29.6 Å². The van der Waals surface area contributed by atoms with Gasteiger partial charge in [-0.1, -0.05) is 0 Å². The third-order valence-corrected chi connectivity index (χ3v) is 1.20. The normalized spacial score (nSPS) is 13.5. The Hall–Kier alpha value is 1.58. The summed E-state index contributed by atoms with van der Waals surface area (Å²) in [7, 11) is -4.37. The summed E-state index contributed by atoms with van der Waals surface area (Å²) < 4.78 is 9.92. The maximum absolute atomic E-state index is 9.92. The van der Waals surface area contributed by atoms with E-state index in [4.69, 9.17) is 4.89 Å². The number of aliphatic carboxylic acids is 1. The smallest absolute Gasteiger partial charge is 0.778 e. The van der Waals surface area contributed by atoms with E-state index in [1.54, 1.807) is 0 Å². The van der Waals surface area contributed by atoms with Crippen LogP contribution in [-0.2, 0) is 9.36 Å². The van der Waals surface area contributed by atoms with Crippen molar-refractivity contribution in [3.8, 4) is 0 Å². The molecule has 0 aliphatic heterocycles. The molecule has 1 unspecified atom stereocenters. The van der Waals surface area contributed by atoms with Gasteiger partial charge >= 0.3 is 59.1 Å². The molecular formula is C3H6NNa2O5P. The van der Waals surface area contributed by atoms with Gasteiger partial charge in [-0.25, -0.2) is 0 Å². The van der Waals surface area contributed by atoms with Crippen molar-refractivity contribution in [2.24, 2.45) is 0 Å². The van der Waals surface area contributed by atoms with Gasteiger partial charge in [-0.15, -0.1) is 0 Å². The first-order chi connectivity index (χ1) is 4.42. The van der Waals surface area contributed by atoms with Crippen molar-refractivity contribution in [1.82, 2.24) is 5.32 Å². The summed E-state index contributed by atoms with van der Waals surface area (Å²) in [5.41, 5.74) is 0. The number of carbonyl (C=O) groups excluding carboxylic acids is 1. The van der Waals surface area contributed by atoms with Crippen LogP contribution in [0.1, 0.15) is 0 Å². The van der Waals surface area contributed by atoms with Gasteiger partial charge in [0.05, 0.1) is 12.3 Å². The third-order valence-electron chi connectivity index (χ3n) is 0.581.